The van der Waals surface area contributed by atoms with Gasteiger partial charge >= 0.3 is 12.0 Å². The Morgan fingerprint density at radius 1 is 1.32 bits per heavy atom. The molecule has 0 spiro atoms. The number of hydrogen-bond acceptors (Lipinski definition) is 2. The number of piperidine rings is 1. The molecule has 1 heterocycles. The van der Waals surface area contributed by atoms with Crippen LogP contribution in [0.15, 0.2) is 0 Å². The summed E-state index contributed by atoms with van der Waals surface area (Å²) in [5.74, 6) is -0.286. The van der Waals surface area contributed by atoms with Crippen molar-refractivity contribution in [2.75, 3.05) is 13.1 Å². The van der Waals surface area contributed by atoms with Crippen LogP contribution in [0.4, 0.5) is 4.79 Å². The number of nitrogens with one attached hydrogen (secondary N) is 1. The number of nitrogens with zero attached hydrogens (tertiary/aromatic N) is 1. The van der Waals surface area contributed by atoms with Crippen molar-refractivity contribution in [1.29, 1.82) is 0 Å². The predicted molar refractivity (Wildman–Crippen MR) is 74.0 cm³/mol. The third kappa shape index (κ3) is 4.40. The zero-order valence-electron chi connectivity index (χ0n) is 12.4. The summed E-state index contributed by atoms with van der Waals surface area (Å²) in [4.78, 5) is 25.1. The fourth-order valence-corrected chi connectivity index (χ4v) is 2.41. The molecule has 0 saturated carbocycles. The summed E-state index contributed by atoms with van der Waals surface area (Å²) in [6.07, 6.45) is 3.17. The molecule has 0 aliphatic carbocycles. The number of carbonyl (C=O) groups is 2. The van der Waals surface area contributed by atoms with Gasteiger partial charge in [-0.1, -0.05) is 34.1 Å². The van der Waals surface area contributed by atoms with Gasteiger partial charge in [-0.25, -0.2) is 9.59 Å². The number of aliphatic carboxylic acids is 1. The van der Waals surface area contributed by atoms with Crippen molar-refractivity contribution in [1.82, 2.24) is 10.2 Å². The number of amides is 2. The molecule has 5 heteroatoms. The van der Waals surface area contributed by atoms with Gasteiger partial charge in [-0.2, -0.15) is 0 Å². The second-order valence-electron chi connectivity index (χ2n) is 6.43. The lowest BCUT2D eigenvalue weighted by molar-refractivity contribution is -0.142. The van der Waals surface area contributed by atoms with E-state index in [0.717, 1.165) is 32.4 Å². The van der Waals surface area contributed by atoms with E-state index in [-0.39, 0.29) is 6.03 Å². The molecular weight excluding hydrogens is 244 g/mol. The van der Waals surface area contributed by atoms with Gasteiger partial charge in [0.25, 0.3) is 0 Å². The zero-order chi connectivity index (χ0) is 14.6. The number of carboxylic acid groups (broad SMARTS) is 1. The first kappa shape index (κ1) is 15.8. The Bertz CT molecular complexity index is 328. The monoisotopic (exact) mass is 270 g/mol. The first-order chi connectivity index (χ1) is 8.75. The van der Waals surface area contributed by atoms with Crippen molar-refractivity contribution in [3.8, 4) is 0 Å². The van der Waals surface area contributed by atoms with E-state index in [9.17, 15) is 14.7 Å². The fraction of sp³-hybridized carbons (Fsp3) is 0.857. The van der Waals surface area contributed by atoms with Gasteiger partial charge in [-0.3, -0.25) is 0 Å². The minimum Gasteiger partial charge on any atom is -0.480 e. The van der Waals surface area contributed by atoms with E-state index >= 15 is 0 Å². The van der Waals surface area contributed by atoms with Crippen molar-refractivity contribution >= 4 is 12.0 Å². The number of carboxylic acids is 1. The summed E-state index contributed by atoms with van der Waals surface area (Å²) in [7, 11) is 0. The largest absolute Gasteiger partial charge is 0.480 e. The average molecular weight is 270 g/mol. The predicted octanol–water partition coefficient (Wildman–Crippen LogP) is 2.32. The Kier molecular flexibility index (Phi) is 5.20. The standard InChI is InChI=1S/C14H26N2O3/c1-5-10-6-8-16(9-7-10)13(19)15-11(12(17)18)14(2,3)4/h10-11H,5-9H2,1-4H3,(H,15,19)(H,17,18)/t11-/m1/s1. The molecule has 1 atom stereocenters. The van der Waals surface area contributed by atoms with Crippen LogP contribution >= 0.6 is 0 Å². The molecule has 1 aliphatic heterocycles. The Labute approximate surface area is 115 Å². The molecule has 1 saturated heterocycles. The number of carbonyl (C=O) groups excluding carboxylic acids is 1. The number of urea groups is 1. The molecule has 1 fully saturated rings. The summed E-state index contributed by atoms with van der Waals surface area (Å²) in [6, 6.07) is -1.11. The highest BCUT2D eigenvalue weighted by Crippen LogP contribution is 2.22. The molecule has 0 aromatic heterocycles. The van der Waals surface area contributed by atoms with E-state index in [4.69, 9.17) is 0 Å². The summed E-state index contributed by atoms with van der Waals surface area (Å²) < 4.78 is 0. The molecule has 19 heavy (non-hydrogen) atoms. The van der Waals surface area contributed by atoms with Crippen LogP contribution in [0.2, 0.25) is 0 Å². The summed E-state index contributed by atoms with van der Waals surface area (Å²) in [5.41, 5.74) is -0.497. The normalized spacial score (nSPS) is 19.1. The highest BCUT2D eigenvalue weighted by atomic mass is 16.4. The molecule has 1 aliphatic rings. The van der Waals surface area contributed by atoms with Crippen LogP contribution in [0.5, 0.6) is 0 Å². The Morgan fingerprint density at radius 3 is 2.21 bits per heavy atom. The van der Waals surface area contributed by atoms with E-state index < -0.39 is 17.4 Å². The SMILES string of the molecule is CCC1CCN(C(=O)N[C@H](C(=O)O)C(C)(C)C)CC1. The topological polar surface area (TPSA) is 69.6 Å². The number of rotatable bonds is 3. The number of hydrogen-bond donors (Lipinski definition) is 2. The van der Waals surface area contributed by atoms with Gasteiger partial charge in [-0.05, 0) is 24.2 Å². The fourth-order valence-electron chi connectivity index (χ4n) is 2.41. The first-order valence-corrected chi connectivity index (χ1v) is 7.04. The van der Waals surface area contributed by atoms with Crippen LogP contribution < -0.4 is 5.32 Å². The second-order valence-corrected chi connectivity index (χ2v) is 6.43. The van der Waals surface area contributed by atoms with Crippen molar-refractivity contribution < 1.29 is 14.7 Å². The zero-order valence-corrected chi connectivity index (χ0v) is 12.4. The average Bonchev–Trinajstić information content (AvgIpc) is 2.34. The smallest absolute Gasteiger partial charge is 0.326 e. The maximum atomic E-state index is 12.1. The molecular formula is C14H26N2O3. The lowest BCUT2D eigenvalue weighted by Crippen LogP contribution is -2.54. The highest BCUT2D eigenvalue weighted by molar-refractivity contribution is 5.83. The van der Waals surface area contributed by atoms with Crippen LogP contribution in [0, 0.1) is 11.3 Å². The van der Waals surface area contributed by atoms with E-state index in [1.165, 1.54) is 0 Å². The summed E-state index contributed by atoms with van der Waals surface area (Å²) in [6.45, 7) is 9.06. The van der Waals surface area contributed by atoms with Crippen molar-refractivity contribution in [3.63, 3.8) is 0 Å². The number of likely N-dealkylation sites (tertiary alicyclic amines) is 1. The second kappa shape index (κ2) is 6.26. The molecule has 110 valence electrons. The summed E-state index contributed by atoms with van der Waals surface area (Å²) in [5, 5.41) is 11.8. The highest BCUT2D eigenvalue weighted by Gasteiger charge is 2.34. The third-order valence-electron chi connectivity index (χ3n) is 3.86. The van der Waals surface area contributed by atoms with Gasteiger partial charge in [0.05, 0.1) is 0 Å². The quantitative estimate of drug-likeness (QED) is 0.827. The van der Waals surface area contributed by atoms with Gasteiger partial charge in [-0.15, -0.1) is 0 Å². The van der Waals surface area contributed by atoms with E-state index in [1.54, 1.807) is 4.90 Å². The van der Waals surface area contributed by atoms with Crippen LogP contribution in [0.3, 0.4) is 0 Å². The Morgan fingerprint density at radius 2 is 1.84 bits per heavy atom. The van der Waals surface area contributed by atoms with Crippen LogP contribution in [0.1, 0.15) is 47.0 Å². The van der Waals surface area contributed by atoms with Gasteiger partial charge < -0.3 is 15.3 Å². The minimum absolute atomic E-state index is 0.253. The lowest BCUT2D eigenvalue weighted by atomic mass is 9.87. The van der Waals surface area contributed by atoms with Crippen LogP contribution in [-0.2, 0) is 4.79 Å². The lowest BCUT2D eigenvalue weighted by Gasteiger charge is -2.34. The van der Waals surface area contributed by atoms with Crippen molar-refractivity contribution in [3.05, 3.63) is 0 Å². The Balaban J connectivity index is 2.57. The van der Waals surface area contributed by atoms with E-state index in [1.807, 2.05) is 20.8 Å². The molecule has 2 amide bonds. The van der Waals surface area contributed by atoms with Gasteiger partial charge in [0, 0.05) is 13.1 Å². The molecule has 5 nitrogen and oxygen atoms in total. The molecule has 0 aromatic rings. The maximum absolute atomic E-state index is 12.1. The maximum Gasteiger partial charge on any atom is 0.326 e. The Hall–Kier alpha value is -1.26. The summed E-state index contributed by atoms with van der Waals surface area (Å²) >= 11 is 0. The van der Waals surface area contributed by atoms with Crippen LogP contribution in [-0.4, -0.2) is 41.1 Å². The molecule has 0 radical (unpaired) electrons. The molecule has 0 bridgehead atoms. The molecule has 0 unspecified atom stereocenters. The molecule has 0 aromatic carbocycles. The van der Waals surface area contributed by atoms with Crippen LogP contribution in [0.25, 0.3) is 0 Å². The van der Waals surface area contributed by atoms with Gasteiger partial charge in [0.1, 0.15) is 6.04 Å². The minimum atomic E-state index is -0.982. The third-order valence-corrected chi connectivity index (χ3v) is 3.86. The van der Waals surface area contributed by atoms with Crippen molar-refractivity contribution in [2.45, 2.75) is 53.0 Å². The molecule has 1 rings (SSSR count). The van der Waals surface area contributed by atoms with E-state index in [2.05, 4.69) is 12.2 Å². The van der Waals surface area contributed by atoms with Crippen molar-refractivity contribution in [2.24, 2.45) is 11.3 Å². The van der Waals surface area contributed by atoms with Gasteiger partial charge in [0.2, 0.25) is 0 Å². The molecule has 2 N–H and O–H groups in total. The van der Waals surface area contributed by atoms with Gasteiger partial charge in [0.15, 0.2) is 0 Å². The van der Waals surface area contributed by atoms with E-state index in [0.29, 0.717) is 5.92 Å². The first-order valence-electron chi connectivity index (χ1n) is 7.04.